The summed E-state index contributed by atoms with van der Waals surface area (Å²) in [4.78, 5) is 3.30. The molecule has 4 aromatic rings. The third kappa shape index (κ3) is 3.96. The Kier molecular flexibility index (Phi) is 5.62. The van der Waals surface area contributed by atoms with Crippen molar-refractivity contribution >= 4 is 0 Å². The van der Waals surface area contributed by atoms with E-state index in [4.69, 9.17) is 0 Å². The second-order valence-corrected chi connectivity index (χ2v) is 8.08. The molecule has 0 heterocycles. The zero-order valence-corrected chi connectivity index (χ0v) is 18.1. The maximum atomic E-state index is 9.61. The third-order valence-electron chi connectivity index (χ3n) is 5.82. The number of hydrogen-bond acceptors (Lipinski definition) is 1. The van der Waals surface area contributed by atoms with Crippen LogP contribution in [0.5, 0.6) is 0 Å². The lowest BCUT2D eigenvalue weighted by molar-refractivity contribution is 0.646. The molecule has 0 bridgehead atoms. The molecule has 0 fully saturated rings. The molecule has 0 N–H and O–H groups in total. The number of rotatable bonds is 5. The van der Waals surface area contributed by atoms with Crippen LogP contribution in [0.2, 0.25) is 0 Å². The van der Waals surface area contributed by atoms with Crippen molar-refractivity contribution in [3.63, 3.8) is 0 Å². The van der Waals surface area contributed by atoms with Gasteiger partial charge < -0.3 is 0 Å². The van der Waals surface area contributed by atoms with Crippen LogP contribution >= 0.6 is 0 Å². The van der Waals surface area contributed by atoms with E-state index in [0.717, 1.165) is 38.9 Å². The molecule has 0 aliphatic rings. The topological polar surface area (TPSA) is 48.8 Å². The molecule has 3 nitrogen and oxygen atoms in total. The van der Waals surface area contributed by atoms with Crippen molar-refractivity contribution in [2.24, 2.45) is 5.11 Å². The number of nitrogens with zero attached hydrogens (tertiary/aromatic N) is 3. The van der Waals surface area contributed by atoms with Gasteiger partial charge >= 0.3 is 0 Å². The first-order valence-electron chi connectivity index (χ1n) is 10.4. The standard InChI is InChI=1S/C28H25N3/c1-20-4-10-23(11-5-20)24-12-18-27(19-13-24)28(30-31-29,25-14-6-21(2)7-15-25)26-16-8-22(3)9-17-26/h4-19H,1-3H3. The molecule has 0 saturated carbocycles. The maximum Gasteiger partial charge on any atom is 0.124 e. The Morgan fingerprint density at radius 3 is 1.16 bits per heavy atom. The van der Waals surface area contributed by atoms with E-state index in [-0.39, 0.29) is 0 Å². The summed E-state index contributed by atoms with van der Waals surface area (Å²) in [6.07, 6.45) is 0. The Morgan fingerprint density at radius 2 is 0.806 bits per heavy atom. The molecule has 0 atom stereocenters. The second kappa shape index (κ2) is 8.51. The molecule has 0 unspecified atom stereocenters. The minimum Gasteiger partial charge on any atom is -0.0730 e. The highest BCUT2D eigenvalue weighted by Crippen LogP contribution is 2.41. The van der Waals surface area contributed by atoms with E-state index >= 15 is 0 Å². The van der Waals surface area contributed by atoms with Crippen LogP contribution in [-0.4, -0.2) is 0 Å². The van der Waals surface area contributed by atoms with E-state index in [9.17, 15) is 5.53 Å². The highest BCUT2D eigenvalue weighted by Gasteiger charge is 2.35. The van der Waals surface area contributed by atoms with Gasteiger partial charge in [0.15, 0.2) is 0 Å². The molecule has 31 heavy (non-hydrogen) atoms. The SMILES string of the molecule is Cc1ccc(-c2ccc(C(N=[N+]=[N-])(c3ccc(C)cc3)c3ccc(C)cc3)cc2)cc1. The van der Waals surface area contributed by atoms with Crippen molar-refractivity contribution in [3.8, 4) is 11.1 Å². The molecular formula is C28H25N3. The average Bonchev–Trinajstić information content (AvgIpc) is 2.79. The summed E-state index contributed by atoms with van der Waals surface area (Å²) in [5.41, 5.74) is 17.4. The fourth-order valence-corrected chi connectivity index (χ4v) is 3.98. The maximum absolute atomic E-state index is 9.61. The van der Waals surface area contributed by atoms with Crippen molar-refractivity contribution in [1.29, 1.82) is 0 Å². The Balaban J connectivity index is 1.91. The van der Waals surface area contributed by atoms with Crippen molar-refractivity contribution in [3.05, 3.63) is 141 Å². The van der Waals surface area contributed by atoms with Gasteiger partial charge in [-0.3, -0.25) is 0 Å². The summed E-state index contributed by atoms with van der Waals surface area (Å²) in [7, 11) is 0. The van der Waals surface area contributed by atoms with Gasteiger partial charge in [-0.1, -0.05) is 119 Å². The summed E-state index contributed by atoms with van der Waals surface area (Å²) in [5, 5.41) is 4.42. The quantitative estimate of drug-likeness (QED) is 0.141. The van der Waals surface area contributed by atoms with Gasteiger partial charge in [0.25, 0.3) is 0 Å². The summed E-state index contributed by atoms with van der Waals surface area (Å²) in [6, 6.07) is 33.3. The van der Waals surface area contributed by atoms with Gasteiger partial charge in [0.2, 0.25) is 0 Å². The van der Waals surface area contributed by atoms with Crippen LogP contribution in [0.25, 0.3) is 21.6 Å². The van der Waals surface area contributed by atoms with Crippen molar-refractivity contribution in [2.75, 3.05) is 0 Å². The molecule has 0 radical (unpaired) electrons. The largest absolute Gasteiger partial charge is 0.124 e. The van der Waals surface area contributed by atoms with Crippen LogP contribution in [0.15, 0.2) is 102 Å². The molecule has 0 spiro atoms. The van der Waals surface area contributed by atoms with E-state index in [1.165, 1.54) is 5.56 Å². The van der Waals surface area contributed by atoms with Gasteiger partial charge in [-0.05, 0) is 54.1 Å². The van der Waals surface area contributed by atoms with E-state index in [1.54, 1.807) is 0 Å². The van der Waals surface area contributed by atoms with Crippen LogP contribution in [0.1, 0.15) is 33.4 Å². The molecule has 0 aliphatic carbocycles. The molecule has 3 heteroatoms. The fraction of sp³-hybridized carbons (Fsp3) is 0.143. The summed E-state index contributed by atoms with van der Waals surface area (Å²) in [5.74, 6) is 0. The Hall–Kier alpha value is -3.81. The number of aryl methyl sites for hydroxylation is 3. The molecular weight excluding hydrogens is 378 g/mol. The monoisotopic (exact) mass is 403 g/mol. The minimum atomic E-state index is -0.943. The number of azide groups is 1. The van der Waals surface area contributed by atoms with Gasteiger partial charge in [0.05, 0.1) is 0 Å². The van der Waals surface area contributed by atoms with Gasteiger partial charge in [0, 0.05) is 4.91 Å². The number of benzene rings is 4. The average molecular weight is 404 g/mol. The predicted octanol–water partition coefficient (Wildman–Crippen LogP) is 7.88. The normalized spacial score (nSPS) is 11.1. The second-order valence-electron chi connectivity index (χ2n) is 8.08. The van der Waals surface area contributed by atoms with Gasteiger partial charge in [0.1, 0.15) is 5.54 Å². The highest BCUT2D eigenvalue weighted by atomic mass is 15.2. The van der Waals surface area contributed by atoms with E-state index < -0.39 is 5.54 Å². The zero-order chi connectivity index (χ0) is 21.8. The van der Waals surface area contributed by atoms with Crippen LogP contribution in [0.3, 0.4) is 0 Å². The number of hydrogen-bond donors (Lipinski definition) is 0. The summed E-state index contributed by atoms with van der Waals surface area (Å²) in [6.45, 7) is 6.20. The predicted molar refractivity (Wildman–Crippen MR) is 128 cm³/mol. The van der Waals surface area contributed by atoms with Crippen LogP contribution < -0.4 is 0 Å². The molecule has 0 aliphatic heterocycles. The van der Waals surface area contributed by atoms with Gasteiger partial charge in [-0.15, -0.1) is 0 Å². The van der Waals surface area contributed by atoms with E-state index in [1.807, 2.05) is 0 Å². The summed E-state index contributed by atoms with van der Waals surface area (Å²) < 4.78 is 0. The van der Waals surface area contributed by atoms with Crippen molar-refractivity contribution in [2.45, 2.75) is 26.3 Å². The Morgan fingerprint density at radius 1 is 0.516 bits per heavy atom. The zero-order valence-electron chi connectivity index (χ0n) is 18.1. The lowest BCUT2D eigenvalue weighted by Gasteiger charge is -2.31. The lowest BCUT2D eigenvalue weighted by Crippen LogP contribution is -2.26. The smallest absolute Gasteiger partial charge is 0.0730 e. The van der Waals surface area contributed by atoms with E-state index in [0.29, 0.717) is 0 Å². The van der Waals surface area contributed by atoms with Crippen molar-refractivity contribution < 1.29 is 0 Å². The first-order valence-corrected chi connectivity index (χ1v) is 10.4. The van der Waals surface area contributed by atoms with Crippen LogP contribution in [0, 0.1) is 20.8 Å². The fourth-order valence-electron chi connectivity index (χ4n) is 3.98. The van der Waals surface area contributed by atoms with Crippen LogP contribution in [-0.2, 0) is 5.54 Å². The van der Waals surface area contributed by atoms with Gasteiger partial charge in [-0.2, -0.15) is 0 Å². The molecule has 0 aromatic heterocycles. The Labute approximate surface area is 183 Å². The first kappa shape index (κ1) is 20.5. The lowest BCUT2D eigenvalue weighted by atomic mass is 9.77. The third-order valence-corrected chi connectivity index (χ3v) is 5.82. The van der Waals surface area contributed by atoms with Crippen molar-refractivity contribution in [1.82, 2.24) is 0 Å². The van der Waals surface area contributed by atoms with Gasteiger partial charge in [-0.25, -0.2) is 0 Å². The van der Waals surface area contributed by atoms with Crippen LogP contribution in [0.4, 0.5) is 0 Å². The Bertz CT molecular complexity index is 1170. The molecule has 4 rings (SSSR count). The molecule has 4 aromatic carbocycles. The van der Waals surface area contributed by atoms with E-state index in [2.05, 4.69) is 128 Å². The summed E-state index contributed by atoms with van der Waals surface area (Å²) >= 11 is 0. The molecule has 152 valence electrons. The molecule has 0 saturated heterocycles. The highest BCUT2D eigenvalue weighted by molar-refractivity contribution is 5.65. The molecule has 0 amide bonds. The first-order chi connectivity index (χ1) is 15.0. The minimum absolute atomic E-state index is 0.939.